The molecule has 0 heterocycles. The number of Topliss-reactive ketones (excluding diaryl/α,β-unsaturated/α-hetero) is 1. The lowest BCUT2D eigenvalue weighted by molar-refractivity contribution is -0.139. The molecule has 0 aliphatic heterocycles. The fraction of sp³-hybridized carbons (Fsp3) is 0.273. The molecule has 0 aliphatic rings. The summed E-state index contributed by atoms with van der Waals surface area (Å²) in [5.41, 5.74) is -0.106. The van der Waals surface area contributed by atoms with E-state index in [1.54, 1.807) is 6.92 Å². The molecule has 1 rings (SSSR count). The minimum Gasteiger partial charge on any atom is -0.479 e. The number of hydrogen-bond donors (Lipinski definition) is 1. The van der Waals surface area contributed by atoms with E-state index in [9.17, 15) is 18.4 Å². The zero-order valence-corrected chi connectivity index (χ0v) is 9.00. The van der Waals surface area contributed by atoms with Gasteiger partial charge in [-0.1, -0.05) is 6.92 Å². The quantitative estimate of drug-likeness (QED) is 0.805. The predicted octanol–water partition coefficient (Wildman–Crippen LogP) is 2.02. The van der Waals surface area contributed by atoms with Gasteiger partial charge in [0.05, 0.1) is 0 Å². The molecule has 0 aliphatic carbocycles. The summed E-state index contributed by atoms with van der Waals surface area (Å²) >= 11 is 0. The van der Waals surface area contributed by atoms with E-state index in [-0.39, 0.29) is 12.0 Å². The van der Waals surface area contributed by atoms with Crippen molar-refractivity contribution in [2.24, 2.45) is 0 Å². The monoisotopic (exact) mass is 244 g/mol. The number of hydrogen-bond acceptors (Lipinski definition) is 3. The summed E-state index contributed by atoms with van der Waals surface area (Å²) in [6, 6.07) is 1.65. The molecule has 92 valence electrons. The van der Waals surface area contributed by atoms with Crippen LogP contribution in [-0.4, -0.2) is 23.5 Å². The second kappa shape index (κ2) is 5.38. The largest absolute Gasteiger partial charge is 0.479 e. The number of rotatable bonds is 5. The molecule has 0 aromatic heterocycles. The maximum atomic E-state index is 13.3. The number of aliphatic carboxylic acids is 1. The number of benzene rings is 1. The molecular weight excluding hydrogens is 234 g/mol. The van der Waals surface area contributed by atoms with Crippen LogP contribution in [0.1, 0.15) is 23.7 Å². The van der Waals surface area contributed by atoms with Crippen molar-refractivity contribution in [1.82, 2.24) is 0 Å². The van der Waals surface area contributed by atoms with Crippen molar-refractivity contribution >= 4 is 11.8 Å². The predicted molar refractivity (Wildman–Crippen MR) is 54.1 cm³/mol. The van der Waals surface area contributed by atoms with Gasteiger partial charge in [0, 0.05) is 12.0 Å². The first-order valence-electron chi connectivity index (χ1n) is 4.82. The van der Waals surface area contributed by atoms with Crippen LogP contribution in [0.5, 0.6) is 5.75 Å². The standard InChI is InChI=1S/C11H10F2O4/c1-2-9(14)6-3-7(12)11(8(13)4-6)17-5-10(15)16/h3-4H,2,5H2,1H3,(H,15,16). The highest BCUT2D eigenvalue weighted by atomic mass is 19.1. The first-order chi connectivity index (χ1) is 7.95. The van der Waals surface area contributed by atoms with Gasteiger partial charge in [-0.2, -0.15) is 0 Å². The smallest absolute Gasteiger partial charge is 0.341 e. The van der Waals surface area contributed by atoms with Gasteiger partial charge in [0.1, 0.15) is 0 Å². The Kier molecular flexibility index (Phi) is 4.14. The average molecular weight is 244 g/mol. The van der Waals surface area contributed by atoms with E-state index in [0.717, 1.165) is 12.1 Å². The van der Waals surface area contributed by atoms with Crippen molar-refractivity contribution in [1.29, 1.82) is 0 Å². The van der Waals surface area contributed by atoms with Crippen LogP contribution in [0.4, 0.5) is 8.78 Å². The van der Waals surface area contributed by atoms with Crippen LogP contribution >= 0.6 is 0 Å². The van der Waals surface area contributed by atoms with Crippen molar-refractivity contribution < 1.29 is 28.2 Å². The van der Waals surface area contributed by atoms with Gasteiger partial charge in [0.2, 0.25) is 0 Å². The summed E-state index contributed by atoms with van der Waals surface area (Å²) < 4.78 is 31.1. The lowest BCUT2D eigenvalue weighted by atomic mass is 10.1. The Bertz CT molecular complexity index is 434. The van der Waals surface area contributed by atoms with E-state index in [1.807, 2.05) is 0 Å². The van der Waals surface area contributed by atoms with Gasteiger partial charge in [-0.3, -0.25) is 4.79 Å². The highest BCUT2D eigenvalue weighted by molar-refractivity contribution is 5.96. The maximum absolute atomic E-state index is 13.3. The number of carboxylic acids is 1. The van der Waals surface area contributed by atoms with E-state index >= 15 is 0 Å². The fourth-order valence-corrected chi connectivity index (χ4v) is 1.20. The Hall–Kier alpha value is -1.98. The molecule has 0 fully saturated rings. The molecule has 0 bridgehead atoms. The lowest BCUT2D eigenvalue weighted by Gasteiger charge is -2.07. The van der Waals surface area contributed by atoms with Crippen molar-refractivity contribution in [2.75, 3.05) is 6.61 Å². The molecular formula is C11H10F2O4. The Labute approximate surface area is 95.8 Å². The minimum absolute atomic E-state index is 0.106. The molecule has 0 amide bonds. The molecule has 0 spiro atoms. The summed E-state index contributed by atoms with van der Waals surface area (Å²) in [5.74, 6) is -4.74. The summed E-state index contributed by atoms with van der Waals surface area (Å²) in [4.78, 5) is 21.4. The van der Waals surface area contributed by atoms with Crippen molar-refractivity contribution in [3.05, 3.63) is 29.3 Å². The molecule has 1 aromatic carbocycles. The zero-order valence-electron chi connectivity index (χ0n) is 9.00. The number of carbonyl (C=O) groups excluding carboxylic acids is 1. The van der Waals surface area contributed by atoms with E-state index in [2.05, 4.69) is 4.74 Å². The van der Waals surface area contributed by atoms with E-state index in [4.69, 9.17) is 5.11 Å². The molecule has 6 heteroatoms. The summed E-state index contributed by atoms with van der Waals surface area (Å²) in [7, 11) is 0. The highest BCUT2D eigenvalue weighted by Crippen LogP contribution is 2.23. The number of carbonyl (C=O) groups is 2. The molecule has 1 aromatic rings. The van der Waals surface area contributed by atoms with E-state index in [1.165, 1.54) is 0 Å². The number of carboxylic acid groups (broad SMARTS) is 1. The van der Waals surface area contributed by atoms with Crippen molar-refractivity contribution in [2.45, 2.75) is 13.3 Å². The van der Waals surface area contributed by atoms with Gasteiger partial charge in [0.25, 0.3) is 0 Å². The molecule has 0 radical (unpaired) electrons. The van der Waals surface area contributed by atoms with Crippen LogP contribution in [0.2, 0.25) is 0 Å². The second-order valence-electron chi connectivity index (χ2n) is 3.23. The Morgan fingerprint density at radius 1 is 1.29 bits per heavy atom. The van der Waals surface area contributed by atoms with Crippen LogP contribution in [0.3, 0.4) is 0 Å². The molecule has 0 saturated carbocycles. The molecule has 0 saturated heterocycles. The van der Waals surface area contributed by atoms with E-state index in [0.29, 0.717) is 0 Å². The summed E-state index contributed by atoms with van der Waals surface area (Å²) in [6.07, 6.45) is 0.119. The van der Waals surface area contributed by atoms with Crippen LogP contribution in [0.25, 0.3) is 0 Å². The number of ether oxygens (including phenoxy) is 1. The zero-order chi connectivity index (χ0) is 13.0. The van der Waals surface area contributed by atoms with Crippen LogP contribution < -0.4 is 4.74 Å². The van der Waals surface area contributed by atoms with Gasteiger partial charge in [-0.25, -0.2) is 13.6 Å². The van der Waals surface area contributed by atoms with Gasteiger partial charge in [-0.05, 0) is 12.1 Å². The van der Waals surface area contributed by atoms with Crippen molar-refractivity contribution in [3.63, 3.8) is 0 Å². The van der Waals surface area contributed by atoms with Crippen LogP contribution in [0.15, 0.2) is 12.1 Å². The third-order valence-electron chi connectivity index (χ3n) is 1.98. The third kappa shape index (κ3) is 3.24. The van der Waals surface area contributed by atoms with Gasteiger partial charge in [-0.15, -0.1) is 0 Å². The first kappa shape index (κ1) is 13.1. The lowest BCUT2D eigenvalue weighted by Crippen LogP contribution is -2.12. The third-order valence-corrected chi connectivity index (χ3v) is 1.98. The van der Waals surface area contributed by atoms with Gasteiger partial charge >= 0.3 is 5.97 Å². The Morgan fingerprint density at radius 3 is 2.24 bits per heavy atom. The summed E-state index contributed by atoms with van der Waals surface area (Å²) in [5, 5.41) is 8.31. The molecule has 0 unspecified atom stereocenters. The SMILES string of the molecule is CCC(=O)c1cc(F)c(OCC(=O)O)c(F)c1. The maximum Gasteiger partial charge on any atom is 0.341 e. The van der Waals surface area contributed by atoms with Gasteiger partial charge in [0.15, 0.2) is 29.8 Å². The van der Waals surface area contributed by atoms with Crippen LogP contribution in [-0.2, 0) is 4.79 Å². The molecule has 4 nitrogen and oxygen atoms in total. The highest BCUT2D eigenvalue weighted by Gasteiger charge is 2.16. The summed E-state index contributed by atoms with van der Waals surface area (Å²) in [6.45, 7) is 0.710. The van der Waals surface area contributed by atoms with Crippen molar-refractivity contribution in [3.8, 4) is 5.75 Å². The molecule has 1 N–H and O–H groups in total. The van der Waals surface area contributed by atoms with Crippen LogP contribution in [0, 0.1) is 11.6 Å². The first-order valence-corrected chi connectivity index (χ1v) is 4.82. The molecule has 0 atom stereocenters. The average Bonchev–Trinajstić information content (AvgIpc) is 2.26. The Balaban J connectivity index is 3.02. The number of halogens is 2. The van der Waals surface area contributed by atoms with Gasteiger partial charge < -0.3 is 9.84 Å². The van der Waals surface area contributed by atoms with E-state index < -0.39 is 35.7 Å². The number of ketones is 1. The topological polar surface area (TPSA) is 63.6 Å². The molecule has 17 heavy (non-hydrogen) atoms. The normalized spacial score (nSPS) is 10.1. The minimum atomic E-state index is -1.35. The fourth-order valence-electron chi connectivity index (χ4n) is 1.20. The Morgan fingerprint density at radius 2 is 1.82 bits per heavy atom. The second-order valence-corrected chi connectivity index (χ2v) is 3.23.